The molecule has 1 N–H and O–H groups in total. The second-order valence-corrected chi connectivity index (χ2v) is 6.80. The van der Waals surface area contributed by atoms with Gasteiger partial charge >= 0.3 is 6.03 Å². The molecule has 0 aromatic heterocycles. The predicted octanol–water partition coefficient (Wildman–Crippen LogP) is 2.33. The van der Waals surface area contributed by atoms with Crippen molar-refractivity contribution in [3.8, 4) is 0 Å². The van der Waals surface area contributed by atoms with Crippen LogP contribution in [0.25, 0.3) is 0 Å². The third-order valence-electron chi connectivity index (χ3n) is 5.19. The van der Waals surface area contributed by atoms with E-state index in [1.54, 1.807) is 24.0 Å². The molecule has 2 aliphatic rings. The number of rotatable bonds is 3. The summed E-state index contributed by atoms with van der Waals surface area (Å²) >= 11 is 0. The lowest BCUT2D eigenvalue weighted by Crippen LogP contribution is -2.50. The molecule has 0 bridgehead atoms. The van der Waals surface area contributed by atoms with E-state index in [-0.39, 0.29) is 35.8 Å². The molecular weight excluding hydrogens is 309 g/mol. The van der Waals surface area contributed by atoms with Crippen LogP contribution in [0.1, 0.15) is 37.7 Å². The fourth-order valence-corrected chi connectivity index (χ4v) is 3.40. The van der Waals surface area contributed by atoms with Gasteiger partial charge in [0.1, 0.15) is 5.82 Å². The normalized spacial score (nSPS) is 23.7. The molecule has 130 valence electrons. The van der Waals surface area contributed by atoms with Crippen molar-refractivity contribution in [2.45, 2.75) is 44.2 Å². The Balaban J connectivity index is 1.46. The molecule has 1 saturated heterocycles. The minimum atomic E-state index is -0.238. The van der Waals surface area contributed by atoms with E-state index in [0.29, 0.717) is 13.1 Å². The summed E-state index contributed by atoms with van der Waals surface area (Å²) in [5, 5.41) is 3.07. The monoisotopic (exact) mass is 333 g/mol. The third-order valence-corrected chi connectivity index (χ3v) is 5.19. The van der Waals surface area contributed by atoms with Crippen LogP contribution in [0.4, 0.5) is 9.18 Å². The van der Waals surface area contributed by atoms with E-state index < -0.39 is 0 Å². The van der Waals surface area contributed by atoms with E-state index in [0.717, 1.165) is 24.8 Å². The second-order valence-electron chi connectivity index (χ2n) is 6.80. The van der Waals surface area contributed by atoms with Crippen LogP contribution in [0, 0.1) is 5.82 Å². The number of carbonyl (C=O) groups excluding carboxylic acids is 2. The number of urea groups is 1. The first-order valence-corrected chi connectivity index (χ1v) is 8.50. The average molecular weight is 333 g/mol. The summed E-state index contributed by atoms with van der Waals surface area (Å²) in [7, 11) is 1.82. The van der Waals surface area contributed by atoms with E-state index in [9.17, 15) is 14.0 Å². The highest BCUT2D eigenvalue weighted by molar-refractivity contribution is 5.75. The van der Waals surface area contributed by atoms with Crippen molar-refractivity contribution in [2.24, 2.45) is 0 Å². The highest BCUT2D eigenvalue weighted by atomic mass is 19.1. The van der Waals surface area contributed by atoms with Gasteiger partial charge in [0.15, 0.2) is 0 Å². The Morgan fingerprint density at radius 3 is 2.42 bits per heavy atom. The molecule has 1 aliphatic heterocycles. The molecule has 0 spiro atoms. The van der Waals surface area contributed by atoms with E-state index in [2.05, 4.69) is 5.32 Å². The lowest BCUT2D eigenvalue weighted by molar-refractivity contribution is -0.130. The van der Waals surface area contributed by atoms with Crippen molar-refractivity contribution < 1.29 is 14.0 Å². The Hall–Kier alpha value is -2.11. The van der Waals surface area contributed by atoms with Gasteiger partial charge in [-0.05, 0) is 37.0 Å². The Kier molecular flexibility index (Phi) is 4.73. The highest BCUT2D eigenvalue weighted by Gasteiger charge is 2.40. The zero-order chi connectivity index (χ0) is 17.3. The fourth-order valence-electron chi connectivity index (χ4n) is 3.40. The number of piperidine rings is 1. The number of hydrogen-bond donors (Lipinski definition) is 1. The highest BCUT2D eigenvalue weighted by Crippen LogP contribution is 2.40. The zero-order valence-electron chi connectivity index (χ0n) is 14.2. The standard InChI is InChI=1S/C18H24FN3O2/c1-12(23)21(2)15-7-9-22(10-8-15)18(24)20-17-11-16(17)13-3-5-14(19)6-4-13/h3-6,15-17H,7-11H2,1-2H3,(H,20,24)/t16-,17-/m1/s1. The average Bonchev–Trinajstić information content (AvgIpc) is 3.34. The minimum absolute atomic E-state index is 0.0338. The van der Waals surface area contributed by atoms with E-state index >= 15 is 0 Å². The Bertz CT molecular complexity index is 611. The van der Waals surface area contributed by atoms with Gasteiger partial charge < -0.3 is 15.1 Å². The summed E-state index contributed by atoms with van der Waals surface area (Å²) in [5.41, 5.74) is 1.07. The number of halogens is 1. The maximum atomic E-state index is 13.0. The Morgan fingerprint density at radius 2 is 1.83 bits per heavy atom. The van der Waals surface area contributed by atoms with Gasteiger partial charge in [-0.1, -0.05) is 12.1 Å². The van der Waals surface area contributed by atoms with Crippen LogP contribution in [0.15, 0.2) is 24.3 Å². The summed E-state index contributed by atoms with van der Waals surface area (Å²) in [4.78, 5) is 27.4. The maximum absolute atomic E-state index is 13.0. The van der Waals surface area contributed by atoms with E-state index in [1.807, 2.05) is 11.9 Å². The number of nitrogens with zero attached hydrogens (tertiary/aromatic N) is 2. The molecule has 1 aromatic rings. The molecular formula is C18H24FN3O2. The van der Waals surface area contributed by atoms with Crippen molar-refractivity contribution >= 4 is 11.9 Å². The van der Waals surface area contributed by atoms with Crippen molar-refractivity contribution in [1.82, 2.24) is 15.1 Å². The molecule has 5 nitrogen and oxygen atoms in total. The van der Waals surface area contributed by atoms with E-state index in [1.165, 1.54) is 12.1 Å². The third kappa shape index (κ3) is 3.68. The van der Waals surface area contributed by atoms with Gasteiger partial charge in [0.25, 0.3) is 0 Å². The van der Waals surface area contributed by atoms with Crippen LogP contribution in [0.2, 0.25) is 0 Å². The van der Waals surface area contributed by atoms with Gasteiger partial charge in [0.2, 0.25) is 5.91 Å². The Labute approximate surface area is 141 Å². The molecule has 2 fully saturated rings. The molecule has 3 amide bonds. The predicted molar refractivity (Wildman–Crippen MR) is 89.1 cm³/mol. The number of nitrogens with one attached hydrogen (secondary N) is 1. The zero-order valence-corrected chi connectivity index (χ0v) is 14.2. The molecule has 1 aromatic carbocycles. The summed E-state index contributed by atoms with van der Waals surface area (Å²) in [6.07, 6.45) is 2.53. The fraction of sp³-hybridized carbons (Fsp3) is 0.556. The Morgan fingerprint density at radius 1 is 1.21 bits per heavy atom. The van der Waals surface area contributed by atoms with Crippen LogP contribution < -0.4 is 5.32 Å². The first-order valence-electron chi connectivity index (χ1n) is 8.50. The molecule has 24 heavy (non-hydrogen) atoms. The van der Waals surface area contributed by atoms with Gasteiger partial charge in [-0.2, -0.15) is 0 Å². The molecule has 6 heteroatoms. The second kappa shape index (κ2) is 6.79. The maximum Gasteiger partial charge on any atom is 0.317 e. The first-order chi connectivity index (χ1) is 11.5. The van der Waals surface area contributed by atoms with Crippen LogP contribution in [-0.2, 0) is 4.79 Å². The van der Waals surface area contributed by atoms with Crippen LogP contribution in [0.5, 0.6) is 0 Å². The smallest absolute Gasteiger partial charge is 0.317 e. The van der Waals surface area contributed by atoms with Gasteiger partial charge in [0, 0.05) is 45.1 Å². The SMILES string of the molecule is CC(=O)N(C)C1CCN(C(=O)N[C@@H]2C[C@@H]2c2ccc(F)cc2)CC1. The molecule has 1 saturated carbocycles. The summed E-state index contributed by atoms with van der Waals surface area (Å²) in [6.45, 7) is 2.91. The summed E-state index contributed by atoms with van der Waals surface area (Å²) in [5.74, 6) is 0.118. The quantitative estimate of drug-likeness (QED) is 0.923. The van der Waals surface area contributed by atoms with Crippen LogP contribution in [0.3, 0.4) is 0 Å². The molecule has 1 heterocycles. The van der Waals surface area contributed by atoms with E-state index in [4.69, 9.17) is 0 Å². The van der Waals surface area contributed by atoms with Crippen molar-refractivity contribution in [3.05, 3.63) is 35.6 Å². The molecule has 1 aliphatic carbocycles. The number of hydrogen-bond acceptors (Lipinski definition) is 2. The minimum Gasteiger partial charge on any atom is -0.343 e. The number of likely N-dealkylation sites (tertiary alicyclic amines) is 1. The number of carbonyl (C=O) groups is 2. The molecule has 2 atom stereocenters. The lowest BCUT2D eigenvalue weighted by Gasteiger charge is -2.36. The summed E-state index contributed by atoms with van der Waals surface area (Å²) in [6, 6.07) is 6.82. The molecule has 3 rings (SSSR count). The number of amides is 3. The van der Waals surface area contributed by atoms with Crippen molar-refractivity contribution in [3.63, 3.8) is 0 Å². The van der Waals surface area contributed by atoms with Gasteiger partial charge in [-0.3, -0.25) is 4.79 Å². The van der Waals surface area contributed by atoms with Crippen LogP contribution in [-0.4, -0.2) is 54.0 Å². The molecule has 0 radical (unpaired) electrons. The van der Waals surface area contributed by atoms with Crippen molar-refractivity contribution in [2.75, 3.05) is 20.1 Å². The van der Waals surface area contributed by atoms with Gasteiger partial charge in [-0.25, -0.2) is 9.18 Å². The lowest BCUT2D eigenvalue weighted by atomic mass is 10.0. The van der Waals surface area contributed by atoms with Gasteiger partial charge in [0.05, 0.1) is 0 Å². The molecule has 0 unspecified atom stereocenters. The topological polar surface area (TPSA) is 52.7 Å². The summed E-state index contributed by atoms with van der Waals surface area (Å²) < 4.78 is 13.0. The van der Waals surface area contributed by atoms with Crippen molar-refractivity contribution in [1.29, 1.82) is 0 Å². The largest absolute Gasteiger partial charge is 0.343 e. The number of benzene rings is 1. The first kappa shape index (κ1) is 16.7. The van der Waals surface area contributed by atoms with Crippen LogP contribution >= 0.6 is 0 Å². The van der Waals surface area contributed by atoms with Gasteiger partial charge in [-0.15, -0.1) is 0 Å².